The smallest absolute Gasteiger partial charge is 0.407 e. The monoisotopic (exact) mass is 972 g/mol. The van der Waals surface area contributed by atoms with Gasteiger partial charge in [-0.25, -0.2) is 4.79 Å². The first-order valence-corrected chi connectivity index (χ1v) is 22.0. The average molecular weight is 973 g/mol. The van der Waals surface area contributed by atoms with Gasteiger partial charge < -0.3 is 64.2 Å². The Hall–Kier alpha value is -6.76. The molecule has 0 radical (unpaired) electrons. The molecule has 6 rings (SSSR count). The first kappa shape index (κ1) is 52.6. The zero-order chi connectivity index (χ0) is 49.8. The van der Waals surface area contributed by atoms with Gasteiger partial charge in [0.25, 0.3) is 0 Å². The lowest BCUT2D eigenvalue weighted by Gasteiger charge is -2.48. The Balaban J connectivity index is 1.31. The predicted molar refractivity (Wildman–Crippen MR) is 241 cm³/mol. The van der Waals surface area contributed by atoms with Gasteiger partial charge in [-0.3, -0.25) is 4.79 Å². The Morgan fingerprint density at radius 2 is 1.30 bits per heavy atom. The molecule has 15 atom stereocenters. The summed E-state index contributed by atoms with van der Waals surface area (Å²) in [6.07, 6.45) is -18.7. The van der Waals surface area contributed by atoms with Crippen molar-refractivity contribution in [2.45, 2.75) is 124 Å². The minimum atomic E-state index is -1.95. The second kappa shape index (κ2) is 26.8. The van der Waals surface area contributed by atoms with E-state index in [9.17, 15) is 46.6 Å². The molecule has 27 heteroatoms. The van der Waals surface area contributed by atoms with E-state index in [-0.39, 0.29) is 39.2 Å². The number of carbonyl (C=O) groups excluding carboxylic acids is 2. The summed E-state index contributed by atoms with van der Waals surface area (Å²) in [5.74, 6) is -0.763. The summed E-state index contributed by atoms with van der Waals surface area (Å²) in [5, 5.41) is 65.1. The normalized spacial score (nSPS) is 29.8. The van der Waals surface area contributed by atoms with Crippen LogP contribution in [0.15, 0.2) is 111 Å². The molecule has 0 aromatic heterocycles. The van der Waals surface area contributed by atoms with Crippen LogP contribution in [-0.4, -0.2) is 144 Å². The molecule has 3 aromatic rings. The number of carbonyl (C=O) groups is 2. The van der Waals surface area contributed by atoms with Crippen LogP contribution >= 0.6 is 0 Å². The van der Waals surface area contributed by atoms with Gasteiger partial charge in [0.1, 0.15) is 43.2 Å². The summed E-state index contributed by atoms with van der Waals surface area (Å²) in [7, 11) is 0. The summed E-state index contributed by atoms with van der Waals surface area (Å²) in [6.45, 7) is -1.18. The molecule has 27 nitrogen and oxygen atoms in total. The standard InChI is InChI=1S/C43H52N14O13/c44-54-49-19-31-34(59)35(60)33(53-57-47)41(68-31)69-38-28(51-55-45)18-27(37(36(38)61)70-42-39(32(52-56-46)29(58)23-66-42)65-21-25-12-6-2-7-13-25)50-40(62)30(64-20-24-10-4-1-5-11-24)16-17-48-43(63)67-22-26-14-8-3-9-15-26/h1-15,27-39,41-42,58-61H,16-23H2,(H,48,63)(H,50,62)/t27-,28+,29-,30+,31-,32+,33-,34-,35-,36-,37+,38-,39-,41-,42-/m1/s1. The highest BCUT2D eigenvalue weighted by atomic mass is 16.7. The fourth-order valence-electron chi connectivity index (χ4n) is 8.08. The number of benzene rings is 3. The van der Waals surface area contributed by atoms with Crippen molar-refractivity contribution < 1.29 is 63.2 Å². The molecule has 3 aromatic carbocycles. The van der Waals surface area contributed by atoms with E-state index in [1.54, 1.807) is 84.9 Å². The molecule has 372 valence electrons. The fraction of sp³-hybridized carbons (Fsp3) is 0.535. The Kier molecular flexibility index (Phi) is 20.2. The minimum absolute atomic E-state index is 0.00704. The lowest BCUT2D eigenvalue weighted by Crippen LogP contribution is -2.67. The minimum Gasteiger partial charge on any atom is -0.445 e. The molecule has 2 saturated heterocycles. The molecule has 2 heterocycles. The van der Waals surface area contributed by atoms with Crippen molar-refractivity contribution >= 4 is 12.0 Å². The zero-order valence-electron chi connectivity index (χ0n) is 37.3. The third-order valence-electron chi connectivity index (χ3n) is 11.6. The quantitative estimate of drug-likeness (QED) is 0.0472. The maximum Gasteiger partial charge on any atom is 0.407 e. The van der Waals surface area contributed by atoms with Crippen LogP contribution in [0.3, 0.4) is 0 Å². The highest BCUT2D eigenvalue weighted by molar-refractivity contribution is 5.81. The van der Waals surface area contributed by atoms with E-state index in [1.165, 1.54) is 0 Å². The number of rotatable bonds is 22. The number of alkyl carbamates (subject to hydrolysis) is 1. The van der Waals surface area contributed by atoms with Gasteiger partial charge in [-0.05, 0) is 45.2 Å². The third-order valence-corrected chi connectivity index (χ3v) is 11.6. The van der Waals surface area contributed by atoms with E-state index in [4.69, 9.17) is 38.7 Å². The third kappa shape index (κ3) is 14.4. The van der Waals surface area contributed by atoms with Crippen LogP contribution in [0.2, 0.25) is 0 Å². The molecule has 2 aliphatic heterocycles. The Morgan fingerprint density at radius 3 is 1.93 bits per heavy atom. The number of azide groups is 4. The van der Waals surface area contributed by atoms with E-state index in [0.29, 0.717) is 11.1 Å². The summed E-state index contributed by atoms with van der Waals surface area (Å²) in [5.41, 5.74) is 39.8. The summed E-state index contributed by atoms with van der Waals surface area (Å²) >= 11 is 0. The van der Waals surface area contributed by atoms with Gasteiger partial charge in [-0.1, -0.05) is 111 Å². The van der Waals surface area contributed by atoms with Crippen LogP contribution in [0, 0.1) is 0 Å². The Bertz CT molecular complexity index is 2340. The van der Waals surface area contributed by atoms with Gasteiger partial charge in [-0.15, -0.1) is 0 Å². The molecule has 1 saturated carbocycles. The van der Waals surface area contributed by atoms with Crippen LogP contribution in [0.4, 0.5) is 4.79 Å². The topological polar surface area (TPSA) is 399 Å². The molecule has 2 amide bonds. The molecule has 70 heavy (non-hydrogen) atoms. The zero-order valence-corrected chi connectivity index (χ0v) is 37.3. The predicted octanol–water partition coefficient (Wildman–Crippen LogP) is 4.00. The lowest BCUT2D eigenvalue weighted by molar-refractivity contribution is -0.311. The van der Waals surface area contributed by atoms with Gasteiger partial charge in [0.05, 0.1) is 68.9 Å². The van der Waals surface area contributed by atoms with Gasteiger partial charge >= 0.3 is 6.09 Å². The van der Waals surface area contributed by atoms with Crippen molar-refractivity contribution in [2.24, 2.45) is 20.5 Å². The highest BCUT2D eigenvalue weighted by Crippen LogP contribution is 2.35. The van der Waals surface area contributed by atoms with Crippen molar-refractivity contribution in [3.63, 3.8) is 0 Å². The van der Waals surface area contributed by atoms with Crippen LogP contribution in [0.5, 0.6) is 0 Å². The van der Waals surface area contributed by atoms with E-state index >= 15 is 0 Å². The van der Waals surface area contributed by atoms with Gasteiger partial charge in [-0.2, -0.15) is 0 Å². The maximum absolute atomic E-state index is 14.5. The van der Waals surface area contributed by atoms with Gasteiger partial charge in [0.2, 0.25) is 5.91 Å². The van der Waals surface area contributed by atoms with E-state index in [1.807, 2.05) is 6.07 Å². The second-order valence-corrected chi connectivity index (χ2v) is 16.2. The SMILES string of the molecule is [N-]=[N+]=NC[C@H]1O[C@H](O[C@H]2[C@H](O)[C@@H](O[C@H]3OC[C@@H](O)[C@H](N=[N+]=[N-])[C@H]3OCc3ccccc3)[C@H](NC(=O)[C@H](CCNC(=O)OCc3ccccc3)OCc3ccccc3)C[C@@H]2N=[N+]=[N-])[C@H](N=[N+]=[N-])[C@@H](O)[C@@H]1O. The Morgan fingerprint density at radius 1 is 0.700 bits per heavy atom. The summed E-state index contributed by atoms with van der Waals surface area (Å²) in [4.78, 5) is 38.4. The molecule has 6 N–H and O–H groups in total. The second-order valence-electron chi connectivity index (χ2n) is 16.2. The first-order chi connectivity index (χ1) is 34.0. The van der Waals surface area contributed by atoms with Crippen molar-refractivity contribution in [2.75, 3.05) is 19.7 Å². The van der Waals surface area contributed by atoms with Gasteiger partial charge in [0.15, 0.2) is 12.6 Å². The van der Waals surface area contributed by atoms with E-state index in [0.717, 1.165) is 5.56 Å². The Labute approximate surface area is 399 Å². The van der Waals surface area contributed by atoms with Crippen molar-refractivity contribution in [1.29, 1.82) is 0 Å². The van der Waals surface area contributed by atoms with E-state index < -0.39 is 117 Å². The number of ether oxygens (including phenoxy) is 7. The molecule has 1 aliphatic carbocycles. The number of nitrogens with zero attached hydrogens (tertiary/aromatic N) is 12. The number of hydrogen-bond acceptors (Lipinski definition) is 17. The highest BCUT2D eigenvalue weighted by Gasteiger charge is 2.53. The molecule has 0 unspecified atom stereocenters. The number of aliphatic hydroxyl groups is 4. The lowest BCUT2D eigenvalue weighted by atomic mass is 9.83. The number of nitrogens with one attached hydrogen (secondary N) is 2. The molecule has 3 fully saturated rings. The van der Waals surface area contributed by atoms with Crippen molar-refractivity contribution in [1.82, 2.24) is 10.6 Å². The number of amides is 2. The first-order valence-electron chi connectivity index (χ1n) is 22.0. The van der Waals surface area contributed by atoms with Crippen LogP contribution in [0.1, 0.15) is 29.5 Å². The maximum atomic E-state index is 14.5. The molecule has 0 bridgehead atoms. The van der Waals surface area contributed by atoms with Crippen LogP contribution < -0.4 is 10.6 Å². The number of aliphatic hydroxyl groups excluding tert-OH is 4. The van der Waals surface area contributed by atoms with Crippen LogP contribution in [-0.2, 0) is 57.8 Å². The molecule has 0 spiro atoms. The summed E-state index contributed by atoms with van der Waals surface area (Å²) < 4.78 is 42.1. The van der Waals surface area contributed by atoms with Crippen molar-refractivity contribution in [3.05, 3.63) is 149 Å². The van der Waals surface area contributed by atoms with Crippen LogP contribution in [0.25, 0.3) is 41.8 Å². The summed E-state index contributed by atoms with van der Waals surface area (Å²) in [6, 6.07) is 21.1. The van der Waals surface area contributed by atoms with Gasteiger partial charge in [0, 0.05) is 32.6 Å². The number of hydrogen-bond donors (Lipinski definition) is 6. The molecular weight excluding hydrogens is 921 g/mol. The molecule has 3 aliphatic rings. The van der Waals surface area contributed by atoms with Crippen molar-refractivity contribution in [3.8, 4) is 0 Å². The average Bonchev–Trinajstić information content (AvgIpc) is 3.37. The fourth-order valence-corrected chi connectivity index (χ4v) is 8.08. The molecular formula is C43H52N14O13. The largest absolute Gasteiger partial charge is 0.445 e. The van der Waals surface area contributed by atoms with E-state index in [2.05, 4.69) is 50.7 Å².